The fraction of sp³-hybridized carbons (Fsp3) is 0.800. The fourth-order valence-electron chi connectivity index (χ4n) is 2.12. The Labute approximate surface area is 132 Å². The molecule has 7 heteroatoms. The molecular weight excluding hydrogens is 280 g/mol. The highest BCUT2D eigenvalue weighted by molar-refractivity contribution is 5.79. The molecule has 0 radical (unpaired) electrons. The summed E-state index contributed by atoms with van der Waals surface area (Å²) in [6.45, 7) is 8.85. The topological polar surface area (TPSA) is 67.6 Å². The Morgan fingerprint density at radius 1 is 1.50 bits per heavy atom. The SMILES string of the molecule is CCNC(=NCc1nncn1CC)N(C)CCOCC1CC1. The highest BCUT2D eigenvalue weighted by Gasteiger charge is 2.21. The lowest BCUT2D eigenvalue weighted by atomic mass is 10.5. The normalized spacial score (nSPS) is 15.1. The van der Waals surface area contributed by atoms with Crippen LogP contribution in [-0.4, -0.2) is 59.0 Å². The van der Waals surface area contributed by atoms with Crippen LogP contribution < -0.4 is 5.32 Å². The zero-order valence-corrected chi connectivity index (χ0v) is 14.0. The molecule has 1 heterocycles. The van der Waals surface area contributed by atoms with E-state index in [9.17, 15) is 0 Å². The van der Waals surface area contributed by atoms with Crippen LogP contribution in [0.3, 0.4) is 0 Å². The van der Waals surface area contributed by atoms with Gasteiger partial charge in [-0.15, -0.1) is 10.2 Å². The van der Waals surface area contributed by atoms with E-state index < -0.39 is 0 Å². The van der Waals surface area contributed by atoms with Crippen molar-refractivity contribution in [2.75, 3.05) is 33.4 Å². The van der Waals surface area contributed by atoms with Crippen molar-refractivity contribution >= 4 is 5.96 Å². The summed E-state index contributed by atoms with van der Waals surface area (Å²) in [5.41, 5.74) is 0. The number of nitrogens with one attached hydrogen (secondary N) is 1. The average molecular weight is 308 g/mol. The number of aromatic nitrogens is 3. The molecule has 7 nitrogen and oxygen atoms in total. The van der Waals surface area contributed by atoms with E-state index in [1.54, 1.807) is 6.33 Å². The molecule has 0 spiro atoms. The Hall–Kier alpha value is -1.63. The Bertz CT molecular complexity index is 468. The predicted molar refractivity (Wildman–Crippen MR) is 86.7 cm³/mol. The number of hydrogen-bond donors (Lipinski definition) is 1. The number of rotatable bonds is 9. The summed E-state index contributed by atoms with van der Waals surface area (Å²) in [7, 11) is 2.03. The second-order valence-electron chi connectivity index (χ2n) is 5.64. The van der Waals surface area contributed by atoms with E-state index in [1.807, 2.05) is 11.6 Å². The van der Waals surface area contributed by atoms with Crippen molar-refractivity contribution in [3.63, 3.8) is 0 Å². The number of aliphatic imine (C=N–C) groups is 1. The minimum atomic E-state index is 0.531. The molecule has 0 amide bonds. The van der Waals surface area contributed by atoms with Gasteiger partial charge in [-0.25, -0.2) is 4.99 Å². The lowest BCUT2D eigenvalue weighted by Gasteiger charge is -2.22. The average Bonchev–Trinajstić information content (AvgIpc) is 3.24. The molecule has 1 fully saturated rings. The molecule has 1 aliphatic carbocycles. The highest BCUT2D eigenvalue weighted by atomic mass is 16.5. The molecule has 0 bridgehead atoms. The molecule has 1 aromatic rings. The monoisotopic (exact) mass is 308 g/mol. The van der Waals surface area contributed by atoms with Crippen LogP contribution in [-0.2, 0) is 17.8 Å². The second kappa shape index (κ2) is 8.73. The minimum Gasteiger partial charge on any atom is -0.379 e. The number of likely N-dealkylation sites (N-methyl/N-ethyl adjacent to an activating group) is 1. The quantitative estimate of drug-likeness (QED) is 0.421. The van der Waals surface area contributed by atoms with Crippen LogP contribution in [0.5, 0.6) is 0 Å². The summed E-state index contributed by atoms with van der Waals surface area (Å²) < 4.78 is 7.70. The first-order valence-electron chi connectivity index (χ1n) is 8.18. The van der Waals surface area contributed by atoms with Crippen molar-refractivity contribution in [1.29, 1.82) is 0 Å². The molecule has 0 aliphatic heterocycles. The van der Waals surface area contributed by atoms with Crippen LogP contribution >= 0.6 is 0 Å². The third kappa shape index (κ3) is 5.29. The van der Waals surface area contributed by atoms with Gasteiger partial charge in [-0.1, -0.05) is 0 Å². The van der Waals surface area contributed by atoms with Crippen LogP contribution in [0.2, 0.25) is 0 Å². The third-order valence-electron chi connectivity index (χ3n) is 3.72. The molecular formula is C15H28N6O. The molecule has 2 rings (SSSR count). The lowest BCUT2D eigenvalue weighted by molar-refractivity contribution is 0.115. The predicted octanol–water partition coefficient (Wildman–Crippen LogP) is 1.12. The first-order chi connectivity index (χ1) is 10.7. The Morgan fingerprint density at radius 2 is 2.32 bits per heavy atom. The largest absolute Gasteiger partial charge is 0.379 e. The summed E-state index contributed by atoms with van der Waals surface area (Å²) in [5, 5.41) is 11.4. The van der Waals surface area contributed by atoms with Crippen LogP contribution in [0.4, 0.5) is 0 Å². The maximum atomic E-state index is 5.69. The maximum Gasteiger partial charge on any atom is 0.194 e. The van der Waals surface area contributed by atoms with Crippen LogP contribution in [0.15, 0.2) is 11.3 Å². The van der Waals surface area contributed by atoms with Gasteiger partial charge in [0.05, 0.1) is 6.61 Å². The molecule has 1 aliphatic rings. The van der Waals surface area contributed by atoms with Crippen molar-refractivity contribution < 1.29 is 4.74 Å². The van der Waals surface area contributed by atoms with Gasteiger partial charge in [0.15, 0.2) is 11.8 Å². The zero-order valence-electron chi connectivity index (χ0n) is 14.0. The molecule has 1 N–H and O–H groups in total. The minimum absolute atomic E-state index is 0.531. The smallest absolute Gasteiger partial charge is 0.194 e. The van der Waals surface area contributed by atoms with Gasteiger partial charge >= 0.3 is 0 Å². The first kappa shape index (κ1) is 16.7. The first-order valence-corrected chi connectivity index (χ1v) is 8.18. The van der Waals surface area contributed by atoms with Gasteiger partial charge < -0.3 is 19.5 Å². The van der Waals surface area contributed by atoms with Crippen molar-refractivity contribution in [2.45, 2.75) is 39.8 Å². The summed E-state index contributed by atoms with van der Waals surface area (Å²) in [6.07, 6.45) is 4.41. The van der Waals surface area contributed by atoms with Crippen molar-refractivity contribution in [2.24, 2.45) is 10.9 Å². The van der Waals surface area contributed by atoms with Gasteiger partial charge in [0, 0.05) is 33.3 Å². The van der Waals surface area contributed by atoms with Crippen LogP contribution in [0.25, 0.3) is 0 Å². The van der Waals surface area contributed by atoms with E-state index in [0.29, 0.717) is 6.54 Å². The summed E-state index contributed by atoms with van der Waals surface area (Å²) in [4.78, 5) is 6.74. The van der Waals surface area contributed by atoms with Gasteiger partial charge in [0.25, 0.3) is 0 Å². The molecule has 1 saturated carbocycles. The highest BCUT2D eigenvalue weighted by Crippen LogP contribution is 2.28. The Kier molecular flexibility index (Phi) is 6.64. The third-order valence-corrected chi connectivity index (χ3v) is 3.72. The molecule has 124 valence electrons. The van der Waals surface area contributed by atoms with E-state index in [1.165, 1.54) is 12.8 Å². The standard InChI is InChI=1S/C15H28N6O/c1-4-16-15(17-10-14-19-18-12-21(14)5-2)20(3)8-9-22-11-13-6-7-13/h12-13H,4-11H2,1-3H3,(H,16,17). The van der Waals surface area contributed by atoms with E-state index >= 15 is 0 Å². The van der Waals surface area contributed by atoms with E-state index in [-0.39, 0.29) is 0 Å². The summed E-state index contributed by atoms with van der Waals surface area (Å²) >= 11 is 0. The van der Waals surface area contributed by atoms with E-state index in [2.05, 4.69) is 39.3 Å². The van der Waals surface area contributed by atoms with Gasteiger partial charge in [0.1, 0.15) is 12.9 Å². The molecule has 0 unspecified atom stereocenters. The van der Waals surface area contributed by atoms with E-state index in [4.69, 9.17) is 4.74 Å². The maximum absolute atomic E-state index is 5.69. The number of aryl methyl sites for hydroxylation is 1. The van der Waals surface area contributed by atoms with Gasteiger partial charge in [0.2, 0.25) is 0 Å². The molecule has 0 saturated heterocycles. The molecule has 22 heavy (non-hydrogen) atoms. The van der Waals surface area contributed by atoms with E-state index in [0.717, 1.165) is 50.5 Å². The number of ether oxygens (including phenoxy) is 1. The second-order valence-corrected chi connectivity index (χ2v) is 5.64. The van der Waals surface area contributed by atoms with Gasteiger partial charge in [-0.05, 0) is 32.6 Å². The molecule has 0 aromatic carbocycles. The molecule has 1 aromatic heterocycles. The van der Waals surface area contributed by atoms with Crippen molar-refractivity contribution in [3.05, 3.63) is 12.2 Å². The number of hydrogen-bond acceptors (Lipinski definition) is 4. The number of nitrogens with zero attached hydrogens (tertiary/aromatic N) is 5. The fourth-order valence-corrected chi connectivity index (χ4v) is 2.12. The molecule has 0 atom stereocenters. The Balaban J connectivity index is 1.81. The van der Waals surface area contributed by atoms with Crippen molar-refractivity contribution in [1.82, 2.24) is 25.0 Å². The van der Waals surface area contributed by atoms with Gasteiger partial charge in [-0.2, -0.15) is 0 Å². The van der Waals surface area contributed by atoms with Crippen molar-refractivity contribution in [3.8, 4) is 0 Å². The number of guanidine groups is 1. The zero-order chi connectivity index (χ0) is 15.8. The van der Waals surface area contributed by atoms with Crippen LogP contribution in [0, 0.1) is 5.92 Å². The Morgan fingerprint density at radius 3 is 3.00 bits per heavy atom. The summed E-state index contributed by atoms with van der Waals surface area (Å²) in [5.74, 6) is 2.58. The summed E-state index contributed by atoms with van der Waals surface area (Å²) in [6, 6.07) is 0. The lowest BCUT2D eigenvalue weighted by Crippen LogP contribution is -2.40. The van der Waals surface area contributed by atoms with Gasteiger partial charge in [-0.3, -0.25) is 0 Å². The van der Waals surface area contributed by atoms with Crippen LogP contribution in [0.1, 0.15) is 32.5 Å².